The van der Waals surface area contributed by atoms with E-state index in [1.807, 2.05) is 48.5 Å². The molecule has 3 aromatic carbocycles. The Morgan fingerprint density at radius 2 is 1.61 bits per heavy atom. The van der Waals surface area contributed by atoms with Crippen molar-refractivity contribution in [3.8, 4) is 17.1 Å². The van der Waals surface area contributed by atoms with E-state index in [-0.39, 0.29) is 16.8 Å². The van der Waals surface area contributed by atoms with Gasteiger partial charge in [-0.05, 0) is 53.0 Å². The summed E-state index contributed by atoms with van der Waals surface area (Å²) in [6, 6.07) is 28.9. The van der Waals surface area contributed by atoms with Crippen LogP contribution in [0.25, 0.3) is 33.4 Å². The van der Waals surface area contributed by atoms with Gasteiger partial charge in [0.15, 0.2) is 5.43 Å². The third kappa shape index (κ3) is 3.89. The highest BCUT2D eigenvalue weighted by Crippen LogP contribution is 2.50. The quantitative estimate of drug-likeness (QED) is 0.263. The van der Waals surface area contributed by atoms with Crippen LogP contribution >= 0.6 is 0 Å². The first-order chi connectivity index (χ1) is 18.3. The Morgan fingerprint density at radius 3 is 2.32 bits per heavy atom. The number of phenolic OH excluding ortho intramolecular Hbond substituents is 1. The molecule has 0 amide bonds. The standard InChI is InChI=1S/C33H24O5/c1-33(21-10-6-3-7-11-21)18-26(20-8-4-2-5-9-20)31(32(36)37)27(19-33)30-24-14-12-22(34)16-28(24)38-29-17-23(35)13-15-25(29)30/h2-18,34H,19H2,1H3,(H,36,37). The number of aliphatic carboxylic acids is 1. The van der Waals surface area contributed by atoms with Crippen molar-refractivity contribution in [2.75, 3.05) is 0 Å². The summed E-state index contributed by atoms with van der Waals surface area (Å²) in [6.45, 7) is 2.11. The molecule has 0 spiro atoms. The smallest absolute Gasteiger partial charge is 0.336 e. The van der Waals surface area contributed by atoms with E-state index < -0.39 is 11.4 Å². The molecule has 0 saturated carbocycles. The number of hydrogen-bond donors (Lipinski definition) is 2. The van der Waals surface area contributed by atoms with Gasteiger partial charge in [-0.15, -0.1) is 0 Å². The summed E-state index contributed by atoms with van der Waals surface area (Å²) < 4.78 is 6.04. The van der Waals surface area contributed by atoms with E-state index in [0.717, 1.165) is 11.1 Å². The Hall–Kier alpha value is -4.90. The van der Waals surface area contributed by atoms with Gasteiger partial charge in [-0.3, -0.25) is 4.79 Å². The van der Waals surface area contributed by atoms with Gasteiger partial charge in [-0.2, -0.15) is 0 Å². The average Bonchev–Trinajstić information content (AvgIpc) is 2.92. The maximum atomic E-state index is 13.0. The van der Waals surface area contributed by atoms with Crippen molar-refractivity contribution in [2.24, 2.45) is 0 Å². The van der Waals surface area contributed by atoms with Gasteiger partial charge in [0, 0.05) is 34.1 Å². The highest BCUT2D eigenvalue weighted by Gasteiger charge is 2.37. The molecule has 0 radical (unpaired) electrons. The van der Waals surface area contributed by atoms with Crippen LogP contribution < -0.4 is 5.43 Å². The van der Waals surface area contributed by atoms with Crippen LogP contribution in [0.4, 0.5) is 0 Å². The fourth-order valence-corrected chi connectivity index (χ4v) is 5.55. The van der Waals surface area contributed by atoms with Crippen molar-refractivity contribution in [3.05, 3.63) is 136 Å². The molecule has 1 atom stereocenters. The zero-order valence-electron chi connectivity index (χ0n) is 20.6. The van der Waals surface area contributed by atoms with Gasteiger partial charge >= 0.3 is 5.97 Å². The molecule has 0 aromatic heterocycles. The first-order valence-electron chi connectivity index (χ1n) is 12.3. The van der Waals surface area contributed by atoms with Crippen LogP contribution in [-0.4, -0.2) is 16.2 Å². The molecule has 1 heterocycles. The molecule has 3 aromatic rings. The van der Waals surface area contributed by atoms with E-state index in [1.54, 1.807) is 18.2 Å². The van der Waals surface area contributed by atoms with Crippen LogP contribution in [0, 0.1) is 0 Å². The van der Waals surface area contributed by atoms with Gasteiger partial charge in [-0.1, -0.05) is 73.7 Å². The third-order valence-corrected chi connectivity index (χ3v) is 7.29. The molecule has 6 rings (SSSR count). The van der Waals surface area contributed by atoms with E-state index >= 15 is 0 Å². The second-order valence-electron chi connectivity index (χ2n) is 9.86. The molecule has 5 nitrogen and oxygen atoms in total. The van der Waals surface area contributed by atoms with Crippen molar-refractivity contribution in [1.82, 2.24) is 0 Å². The molecule has 0 fully saturated rings. The monoisotopic (exact) mass is 500 g/mol. The van der Waals surface area contributed by atoms with Gasteiger partial charge < -0.3 is 14.6 Å². The van der Waals surface area contributed by atoms with Crippen LogP contribution in [0.1, 0.15) is 30.0 Å². The second kappa shape index (κ2) is 8.89. The average molecular weight is 501 g/mol. The number of benzene rings is 4. The number of aromatic hydroxyl groups is 1. The lowest BCUT2D eigenvalue weighted by Gasteiger charge is -2.35. The number of hydrogen-bond acceptors (Lipinski definition) is 4. The fraction of sp³-hybridized carbons (Fsp3) is 0.0909. The fourth-order valence-electron chi connectivity index (χ4n) is 5.55. The number of carboxylic acids is 1. The lowest BCUT2D eigenvalue weighted by atomic mass is 9.67. The van der Waals surface area contributed by atoms with E-state index in [2.05, 4.69) is 25.1 Å². The summed E-state index contributed by atoms with van der Waals surface area (Å²) >= 11 is 0. The topological polar surface area (TPSA) is 87.7 Å². The maximum absolute atomic E-state index is 13.0. The molecular weight excluding hydrogens is 476 g/mol. The lowest BCUT2D eigenvalue weighted by molar-refractivity contribution is -0.132. The van der Waals surface area contributed by atoms with Crippen molar-refractivity contribution in [1.29, 1.82) is 0 Å². The minimum Gasteiger partial charge on any atom is -0.508 e. The van der Waals surface area contributed by atoms with Gasteiger partial charge in [0.05, 0.1) is 5.57 Å². The number of carboxylic acid groups (broad SMARTS) is 1. The van der Waals surface area contributed by atoms with E-state index in [0.29, 0.717) is 45.4 Å². The second-order valence-corrected chi connectivity index (χ2v) is 9.86. The van der Waals surface area contributed by atoms with Crippen molar-refractivity contribution in [3.63, 3.8) is 0 Å². The van der Waals surface area contributed by atoms with Crippen molar-refractivity contribution >= 4 is 28.1 Å². The van der Waals surface area contributed by atoms with Crippen LogP contribution in [0.2, 0.25) is 0 Å². The maximum Gasteiger partial charge on any atom is 0.336 e. The minimum atomic E-state index is -1.04. The van der Waals surface area contributed by atoms with Crippen LogP contribution in [0.3, 0.4) is 0 Å². The van der Waals surface area contributed by atoms with Crippen LogP contribution in [0.15, 0.2) is 118 Å². The van der Waals surface area contributed by atoms with Crippen molar-refractivity contribution < 1.29 is 19.4 Å². The van der Waals surface area contributed by atoms with Gasteiger partial charge in [0.2, 0.25) is 0 Å². The zero-order valence-corrected chi connectivity index (χ0v) is 20.6. The van der Waals surface area contributed by atoms with Crippen molar-refractivity contribution in [2.45, 2.75) is 18.8 Å². The Balaban J connectivity index is 1.76. The molecular formula is C33H24O5. The molecule has 1 unspecified atom stereocenters. The zero-order chi connectivity index (χ0) is 26.4. The highest BCUT2D eigenvalue weighted by atomic mass is 16.4. The third-order valence-electron chi connectivity index (χ3n) is 7.29. The van der Waals surface area contributed by atoms with E-state index in [1.165, 1.54) is 18.2 Å². The van der Waals surface area contributed by atoms with Gasteiger partial charge in [0.25, 0.3) is 0 Å². The first-order valence-corrected chi connectivity index (χ1v) is 12.3. The number of fused-ring (bicyclic) bond motifs is 2. The highest BCUT2D eigenvalue weighted by molar-refractivity contribution is 6.16. The Morgan fingerprint density at radius 1 is 0.895 bits per heavy atom. The summed E-state index contributed by atoms with van der Waals surface area (Å²) in [5, 5.41) is 21.5. The molecule has 3 aliphatic rings. The molecule has 38 heavy (non-hydrogen) atoms. The number of allylic oxidation sites excluding steroid dienone is 2. The largest absolute Gasteiger partial charge is 0.508 e. The Labute approximate surface area is 219 Å². The lowest BCUT2D eigenvalue weighted by Crippen LogP contribution is -2.26. The molecule has 5 heteroatoms. The molecule has 2 N–H and O–H groups in total. The Bertz CT molecular complexity index is 1790. The number of rotatable bonds is 4. The number of carbonyl (C=O) groups is 1. The summed E-state index contributed by atoms with van der Waals surface area (Å²) in [7, 11) is 0. The summed E-state index contributed by atoms with van der Waals surface area (Å²) in [5.74, 6) is -0.688. The van der Waals surface area contributed by atoms with Gasteiger partial charge in [-0.25, -0.2) is 4.79 Å². The number of phenols is 1. The summed E-state index contributed by atoms with van der Waals surface area (Å²) in [5.41, 5.74) is 4.28. The van der Waals surface area contributed by atoms with Crippen LogP contribution in [-0.2, 0) is 10.2 Å². The predicted octanol–water partition coefficient (Wildman–Crippen LogP) is 6.89. The first kappa shape index (κ1) is 23.5. The summed E-state index contributed by atoms with van der Waals surface area (Å²) in [4.78, 5) is 25.3. The predicted molar refractivity (Wildman–Crippen MR) is 148 cm³/mol. The van der Waals surface area contributed by atoms with E-state index in [9.17, 15) is 19.8 Å². The summed E-state index contributed by atoms with van der Waals surface area (Å²) in [6.07, 6.45) is 2.47. The molecule has 186 valence electrons. The molecule has 0 bridgehead atoms. The minimum absolute atomic E-state index is 0.0138. The molecule has 1 aliphatic heterocycles. The molecule has 2 aliphatic carbocycles. The SMILES string of the molecule is CC1(c2ccccc2)C=C(c2ccccc2)C(C(=O)O)=C(c2c3ccc(=O)cc-3oc3cc(O)ccc23)C1. The normalized spacial score (nSPS) is 17.6. The Kier molecular flexibility index (Phi) is 5.50. The van der Waals surface area contributed by atoms with Crippen LogP contribution in [0.5, 0.6) is 5.75 Å². The van der Waals surface area contributed by atoms with E-state index in [4.69, 9.17) is 4.42 Å². The van der Waals surface area contributed by atoms with Gasteiger partial charge in [0.1, 0.15) is 17.1 Å². The molecule has 0 saturated heterocycles.